The number of aryl methyl sites for hydroxylation is 1. The molecule has 2 heterocycles. The molecule has 8 nitrogen and oxygen atoms in total. The van der Waals surface area contributed by atoms with Crippen molar-refractivity contribution in [2.24, 2.45) is 0 Å². The van der Waals surface area contributed by atoms with Crippen molar-refractivity contribution in [2.75, 3.05) is 5.32 Å². The molecule has 19 heavy (non-hydrogen) atoms. The molecule has 100 valence electrons. The van der Waals surface area contributed by atoms with Crippen molar-refractivity contribution in [1.29, 1.82) is 0 Å². The van der Waals surface area contributed by atoms with Crippen LogP contribution in [0.3, 0.4) is 0 Å². The standard InChI is InChI=1S/C11H13N5O3/c1-2-15-6-8(5-13-15)14-11(19)9-3-4-12-16(9)7-10(17)18/h3-6H,2,7H2,1H3,(H,14,19)(H,17,18). The number of carbonyl (C=O) groups is 2. The molecule has 0 atom stereocenters. The average Bonchev–Trinajstić information content (AvgIpc) is 2.97. The fraction of sp³-hybridized carbons (Fsp3) is 0.273. The van der Waals surface area contributed by atoms with Crippen LogP contribution in [-0.2, 0) is 17.9 Å². The molecule has 8 heteroatoms. The number of hydrogen-bond acceptors (Lipinski definition) is 4. The molecule has 0 bridgehead atoms. The Morgan fingerprint density at radius 1 is 1.42 bits per heavy atom. The summed E-state index contributed by atoms with van der Waals surface area (Å²) in [5, 5.41) is 19.2. The third kappa shape index (κ3) is 2.97. The van der Waals surface area contributed by atoms with E-state index in [0.29, 0.717) is 12.2 Å². The summed E-state index contributed by atoms with van der Waals surface area (Å²) < 4.78 is 2.80. The number of aromatic nitrogens is 4. The summed E-state index contributed by atoms with van der Waals surface area (Å²) in [4.78, 5) is 22.6. The molecule has 0 aromatic carbocycles. The van der Waals surface area contributed by atoms with Gasteiger partial charge in [-0.25, -0.2) is 4.68 Å². The molecular weight excluding hydrogens is 250 g/mol. The van der Waals surface area contributed by atoms with Crippen molar-refractivity contribution in [2.45, 2.75) is 20.0 Å². The lowest BCUT2D eigenvalue weighted by molar-refractivity contribution is -0.137. The van der Waals surface area contributed by atoms with Gasteiger partial charge in [-0.15, -0.1) is 0 Å². The number of aliphatic carboxylic acids is 1. The highest BCUT2D eigenvalue weighted by molar-refractivity contribution is 6.03. The summed E-state index contributed by atoms with van der Waals surface area (Å²) in [5.74, 6) is -1.48. The quantitative estimate of drug-likeness (QED) is 0.814. The number of anilines is 1. The van der Waals surface area contributed by atoms with Gasteiger partial charge in [-0.05, 0) is 13.0 Å². The first-order chi connectivity index (χ1) is 9.10. The third-order valence-electron chi connectivity index (χ3n) is 2.45. The molecule has 0 aliphatic heterocycles. The molecule has 0 unspecified atom stereocenters. The van der Waals surface area contributed by atoms with E-state index in [1.54, 1.807) is 10.9 Å². The van der Waals surface area contributed by atoms with Crippen molar-refractivity contribution >= 4 is 17.6 Å². The van der Waals surface area contributed by atoms with Gasteiger partial charge in [0.2, 0.25) is 0 Å². The number of amides is 1. The zero-order chi connectivity index (χ0) is 13.8. The second-order valence-electron chi connectivity index (χ2n) is 3.81. The van der Waals surface area contributed by atoms with E-state index >= 15 is 0 Å². The van der Waals surface area contributed by atoms with Gasteiger partial charge in [0.05, 0.1) is 11.9 Å². The Morgan fingerprint density at radius 3 is 2.84 bits per heavy atom. The molecule has 0 aliphatic rings. The molecule has 0 saturated carbocycles. The predicted molar refractivity (Wildman–Crippen MR) is 65.7 cm³/mol. The van der Waals surface area contributed by atoms with Crippen LogP contribution in [0.15, 0.2) is 24.7 Å². The minimum absolute atomic E-state index is 0.187. The number of carboxylic acid groups (broad SMARTS) is 1. The van der Waals surface area contributed by atoms with Crippen molar-refractivity contribution in [3.63, 3.8) is 0 Å². The van der Waals surface area contributed by atoms with Crippen LogP contribution >= 0.6 is 0 Å². The number of rotatable bonds is 5. The highest BCUT2D eigenvalue weighted by Gasteiger charge is 2.14. The van der Waals surface area contributed by atoms with Crippen LogP contribution in [0.5, 0.6) is 0 Å². The predicted octanol–water partition coefficient (Wildman–Crippen LogP) is 0.436. The fourth-order valence-electron chi connectivity index (χ4n) is 1.58. The summed E-state index contributed by atoms with van der Waals surface area (Å²) in [5.41, 5.74) is 0.738. The van der Waals surface area contributed by atoms with Crippen molar-refractivity contribution in [3.8, 4) is 0 Å². The number of nitrogens with one attached hydrogen (secondary N) is 1. The largest absolute Gasteiger partial charge is 0.480 e. The maximum atomic E-state index is 12.0. The molecule has 2 rings (SSSR count). The van der Waals surface area contributed by atoms with Crippen LogP contribution in [0, 0.1) is 0 Å². The van der Waals surface area contributed by atoms with Crippen LogP contribution in [0.4, 0.5) is 5.69 Å². The van der Waals surface area contributed by atoms with Crippen molar-refractivity contribution in [3.05, 3.63) is 30.4 Å². The van der Waals surface area contributed by atoms with Gasteiger partial charge in [-0.2, -0.15) is 10.2 Å². The lowest BCUT2D eigenvalue weighted by Gasteiger charge is -2.04. The Morgan fingerprint density at radius 2 is 2.21 bits per heavy atom. The zero-order valence-electron chi connectivity index (χ0n) is 10.3. The fourth-order valence-corrected chi connectivity index (χ4v) is 1.58. The van der Waals surface area contributed by atoms with Gasteiger partial charge in [0.15, 0.2) is 0 Å². The van der Waals surface area contributed by atoms with Crippen molar-refractivity contribution in [1.82, 2.24) is 19.6 Å². The highest BCUT2D eigenvalue weighted by atomic mass is 16.4. The van der Waals surface area contributed by atoms with E-state index in [-0.39, 0.29) is 12.2 Å². The number of hydrogen-bond donors (Lipinski definition) is 2. The van der Waals surface area contributed by atoms with Crippen molar-refractivity contribution < 1.29 is 14.7 Å². The maximum Gasteiger partial charge on any atom is 0.325 e. The Balaban J connectivity index is 2.11. The number of nitrogens with zero attached hydrogens (tertiary/aromatic N) is 4. The highest BCUT2D eigenvalue weighted by Crippen LogP contribution is 2.08. The molecule has 1 amide bonds. The lowest BCUT2D eigenvalue weighted by atomic mass is 10.4. The molecule has 0 radical (unpaired) electrons. The molecule has 0 spiro atoms. The minimum Gasteiger partial charge on any atom is -0.480 e. The van der Waals surface area contributed by atoms with Gasteiger partial charge < -0.3 is 10.4 Å². The monoisotopic (exact) mass is 263 g/mol. The normalized spacial score (nSPS) is 10.4. The SMILES string of the molecule is CCn1cc(NC(=O)c2ccnn2CC(=O)O)cn1. The topological polar surface area (TPSA) is 102 Å². The smallest absolute Gasteiger partial charge is 0.325 e. The van der Waals surface area contributed by atoms with E-state index in [1.807, 2.05) is 6.92 Å². The van der Waals surface area contributed by atoms with Crippen LogP contribution in [0.2, 0.25) is 0 Å². The average molecular weight is 263 g/mol. The molecule has 2 aromatic rings. The summed E-state index contributed by atoms with van der Waals surface area (Å²) >= 11 is 0. The van der Waals surface area contributed by atoms with Gasteiger partial charge >= 0.3 is 5.97 Å². The minimum atomic E-state index is -1.06. The number of carbonyl (C=O) groups excluding carboxylic acids is 1. The summed E-state index contributed by atoms with van der Waals surface area (Å²) in [6.07, 6.45) is 4.60. The van der Waals surface area contributed by atoms with E-state index in [1.165, 1.54) is 18.5 Å². The van der Waals surface area contributed by atoms with Gasteiger partial charge in [0, 0.05) is 18.9 Å². The lowest BCUT2D eigenvalue weighted by Crippen LogP contribution is -2.20. The first kappa shape index (κ1) is 12.8. The van der Waals surface area contributed by atoms with Crippen LogP contribution < -0.4 is 5.32 Å². The second-order valence-corrected chi connectivity index (χ2v) is 3.81. The maximum absolute atomic E-state index is 12.0. The molecule has 0 fully saturated rings. The molecule has 2 N–H and O–H groups in total. The summed E-state index contributed by atoms with van der Waals surface area (Å²) in [6, 6.07) is 1.46. The summed E-state index contributed by atoms with van der Waals surface area (Å²) in [6.45, 7) is 2.28. The van der Waals surface area contributed by atoms with E-state index < -0.39 is 11.9 Å². The van der Waals surface area contributed by atoms with Gasteiger partial charge in [-0.1, -0.05) is 0 Å². The Bertz CT molecular complexity index is 601. The van der Waals surface area contributed by atoms with Gasteiger partial charge in [-0.3, -0.25) is 14.3 Å². The zero-order valence-corrected chi connectivity index (χ0v) is 10.3. The Kier molecular flexibility index (Phi) is 3.60. The first-order valence-corrected chi connectivity index (χ1v) is 5.67. The summed E-state index contributed by atoms with van der Waals surface area (Å²) in [7, 11) is 0. The molecular formula is C11H13N5O3. The van der Waals surface area contributed by atoms with Crippen LogP contribution in [-0.4, -0.2) is 36.5 Å². The molecule has 2 aromatic heterocycles. The Labute approximate surface area is 108 Å². The van der Waals surface area contributed by atoms with E-state index in [0.717, 1.165) is 4.68 Å². The van der Waals surface area contributed by atoms with Crippen LogP contribution in [0.1, 0.15) is 17.4 Å². The first-order valence-electron chi connectivity index (χ1n) is 5.67. The number of carboxylic acids is 1. The van der Waals surface area contributed by atoms with E-state index in [2.05, 4.69) is 15.5 Å². The molecule has 0 saturated heterocycles. The van der Waals surface area contributed by atoms with E-state index in [4.69, 9.17) is 5.11 Å². The van der Waals surface area contributed by atoms with Crippen LogP contribution in [0.25, 0.3) is 0 Å². The second kappa shape index (κ2) is 5.34. The van der Waals surface area contributed by atoms with Gasteiger partial charge in [0.1, 0.15) is 12.2 Å². The van der Waals surface area contributed by atoms with E-state index in [9.17, 15) is 9.59 Å². The Hall–Kier alpha value is -2.64. The van der Waals surface area contributed by atoms with Gasteiger partial charge in [0.25, 0.3) is 5.91 Å². The molecule has 0 aliphatic carbocycles. The third-order valence-corrected chi connectivity index (χ3v) is 2.45.